The van der Waals surface area contributed by atoms with Crippen LogP contribution in [0.5, 0.6) is 0 Å². The Morgan fingerprint density at radius 2 is 1.73 bits per heavy atom. The molecule has 1 saturated carbocycles. The zero-order chi connectivity index (χ0) is 19.7. The molecule has 1 aromatic carbocycles. The molecule has 26 heavy (non-hydrogen) atoms. The number of carbonyl (C=O) groups excluding carboxylic acids is 2. The van der Waals surface area contributed by atoms with Crippen molar-refractivity contribution in [3.05, 3.63) is 35.4 Å². The first-order chi connectivity index (χ1) is 12.2. The van der Waals surface area contributed by atoms with Crippen molar-refractivity contribution in [3.63, 3.8) is 0 Å². The van der Waals surface area contributed by atoms with Crippen molar-refractivity contribution in [2.45, 2.75) is 79.4 Å². The fraction of sp³-hybridized carbons (Fsp3) is 0.636. The molecular formula is C22H36O4. The molecular weight excluding hydrogens is 328 g/mol. The van der Waals surface area contributed by atoms with Crippen LogP contribution in [0.1, 0.15) is 77.7 Å². The number of carbonyl (C=O) groups is 2. The van der Waals surface area contributed by atoms with Crippen molar-refractivity contribution in [3.8, 4) is 0 Å². The minimum Gasteiger partial charge on any atom is -0.463 e. The van der Waals surface area contributed by atoms with Crippen molar-refractivity contribution in [2.24, 2.45) is 11.8 Å². The summed E-state index contributed by atoms with van der Waals surface area (Å²) < 4.78 is 10.3. The van der Waals surface area contributed by atoms with Gasteiger partial charge in [0.2, 0.25) is 0 Å². The zero-order valence-corrected chi connectivity index (χ0v) is 17.1. The molecule has 4 nitrogen and oxygen atoms in total. The highest BCUT2D eigenvalue weighted by Crippen LogP contribution is 2.29. The second kappa shape index (κ2) is 11.0. The molecule has 4 heteroatoms. The topological polar surface area (TPSA) is 52.6 Å². The van der Waals surface area contributed by atoms with E-state index in [0.29, 0.717) is 11.5 Å². The van der Waals surface area contributed by atoms with Gasteiger partial charge in [0.05, 0.1) is 23.7 Å². The summed E-state index contributed by atoms with van der Waals surface area (Å²) in [5.74, 6) is 0.630. The molecule has 0 heterocycles. The Balaban J connectivity index is 0.000000483. The molecule has 1 aliphatic carbocycles. The van der Waals surface area contributed by atoms with Gasteiger partial charge in [-0.15, -0.1) is 0 Å². The lowest BCUT2D eigenvalue weighted by atomic mass is 9.82. The van der Waals surface area contributed by atoms with Crippen LogP contribution in [0.15, 0.2) is 24.3 Å². The molecule has 0 radical (unpaired) electrons. The highest BCUT2D eigenvalue weighted by Gasteiger charge is 2.26. The molecule has 1 fully saturated rings. The highest BCUT2D eigenvalue weighted by atomic mass is 16.5. The average Bonchev–Trinajstić information content (AvgIpc) is 2.54. The Kier molecular flexibility index (Phi) is 9.39. The van der Waals surface area contributed by atoms with E-state index in [1.165, 1.54) is 12.8 Å². The van der Waals surface area contributed by atoms with Gasteiger partial charge in [0, 0.05) is 1.43 Å². The van der Waals surface area contributed by atoms with E-state index in [2.05, 4.69) is 6.92 Å². The highest BCUT2D eigenvalue weighted by molar-refractivity contribution is 5.89. The van der Waals surface area contributed by atoms with Gasteiger partial charge in [-0.1, -0.05) is 37.5 Å². The standard InChI is InChI=1S/C11H20O2.C11H14O2.H2/c2*1-8(2)13-11(12)10-6-4-5-9(3)7-10;/h8-10H,4-7H2,1-3H3;4-8H,1-3H3;1H. The molecule has 1 aliphatic rings. The Morgan fingerprint density at radius 3 is 2.27 bits per heavy atom. The summed E-state index contributed by atoms with van der Waals surface area (Å²) in [7, 11) is 0. The van der Waals surface area contributed by atoms with Crippen LogP contribution < -0.4 is 0 Å². The van der Waals surface area contributed by atoms with Crippen LogP contribution in [0.25, 0.3) is 0 Å². The van der Waals surface area contributed by atoms with Crippen molar-refractivity contribution in [2.75, 3.05) is 0 Å². The van der Waals surface area contributed by atoms with E-state index < -0.39 is 0 Å². The molecule has 0 bridgehead atoms. The third-order valence-corrected chi connectivity index (χ3v) is 4.22. The number of ether oxygens (including phenoxy) is 2. The Labute approximate surface area is 159 Å². The maximum absolute atomic E-state index is 11.5. The van der Waals surface area contributed by atoms with Crippen LogP contribution in [0.4, 0.5) is 0 Å². The third-order valence-electron chi connectivity index (χ3n) is 4.22. The molecule has 2 unspecified atom stereocenters. The van der Waals surface area contributed by atoms with Crippen LogP contribution in [0.3, 0.4) is 0 Å². The van der Waals surface area contributed by atoms with Crippen LogP contribution >= 0.6 is 0 Å². The van der Waals surface area contributed by atoms with Gasteiger partial charge in [0.25, 0.3) is 0 Å². The van der Waals surface area contributed by atoms with Crippen molar-refractivity contribution in [1.82, 2.24) is 0 Å². The predicted octanol–water partition coefficient (Wildman–Crippen LogP) is 5.57. The van der Waals surface area contributed by atoms with E-state index in [4.69, 9.17) is 9.47 Å². The van der Waals surface area contributed by atoms with Crippen molar-refractivity contribution >= 4 is 11.9 Å². The van der Waals surface area contributed by atoms with Gasteiger partial charge < -0.3 is 9.47 Å². The lowest BCUT2D eigenvalue weighted by molar-refractivity contribution is -0.154. The monoisotopic (exact) mass is 364 g/mol. The van der Waals surface area contributed by atoms with Crippen LogP contribution in [-0.4, -0.2) is 24.1 Å². The first kappa shape index (κ1) is 22.2. The molecule has 0 spiro atoms. The second-order valence-corrected chi connectivity index (χ2v) is 7.78. The number of hydrogen-bond donors (Lipinski definition) is 0. The molecule has 0 N–H and O–H groups in total. The molecule has 148 valence electrons. The van der Waals surface area contributed by atoms with E-state index in [1.807, 2.05) is 52.8 Å². The maximum Gasteiger partial charge on any atom is 0.338 e. The lowest BCUT2D eigenvalue weighted by Gasteiger charge is -2.25. The summed E-state index contributed by atoms with van der Waals surface area (Å²) in [4.78, 5) is 22.9. The van der Waals surface area contributed by atoms with Gasteiger partial charge in [0.1, 0.15) is 0 Å². The summed E-state index contributed by atoms with van der Waals surface area (Å²) >= 11 is 0. The minimum absolute atomic E-state index is 0. The molecule has 2 rings (SSSR count). The summed E-state index contributed by atoms with van der Waals surface area (Å²) in [6.45, 7) is 11.7. The fourth-order valence-electron chi connectivity index (χ4n) is 3.03. The van der Waals surface area contributed by atoms with E-state index in [1.54, 1.807) is 6.07 Å². The minimum atomic E-state index is -0.251. The van der Waals surface area contributed by atoms with Gasteiger partial charge in [-0.3, -0.25) is 4.79 Å². The van der Waals surface area contributed by atoms with E-state index >= 15 is 0 Å². The van der Waals surface area contributed by atoms with E-state index in [-0.39, 0.29) is 31.5 Å². The summed E-state index contributed by atoms with van der Waals surface area (Å²) in [5, 5.41) is 0. The number of esters is 2. The van der Waals surface area contributed by atoms with Crippen molar-refractivity contribution < 1.29 is 20.5 Å². The van der Waals surface area contributed by atoms with Gasteiger partial charge >= 0.3 is 11.9 Å². The quantitative estimate of drug-likeness (QED) is 0.655. The molecule has 0 aliphatic heterocycles. The van der Waals surface area contributed by atoms with Crippen LogP contribution in [0, 0.1) is 18.8 Å². The molecule has 0 aromatic heterocycles. The van der Waals surface area contributed by atoms with Gasteiger partial charge in [0.15, 0.2) is 0 Å². The Bertz CT molecular complexity index is 583. The van der Waals surface area contributed by atoms with Gasteiger partial charge in [-0.05, 0) is 65.5 Å². The van der Waals surface area contributed by atoms with E-state index in [9.17, 15) is 9.59 Å². The zero-order valence-electron chi connectivity index (χ0n) is 17.1. The summed E-state index contributed by atoms with van der Waals surface area (Å²) in [6, 6.07) is 7.39. The van der Waals surface area contributed by atoms with Crippen LogP contribution in [-0.2, 0) is 14.3 Å². The number of rotatable bonds is 4. The fourth-order valence-corrected chi connectivity index (χ4v) is 3.03. The van der Waals surface area contributed by atoms with E-state index in [0.717, 1.165) is 18.4 Å². The second-order valence-electron chi connectivity index (χ2n) is 7.78. The summed E-state index contributed by atoms with van der Waals surface area (Å²) in [5.41, 5.74) is 1.69. The van der Waals surface area contributed by atoms with Crippen molar-refractivity contribution in [1.29, 1.82) is 0 Å². The van der Waals surface area contributed by atoms with Gasteiger partial charge in [-0.25, -0.2) is 4.79 Å². The molecule has 0 saturated heterocycles. The molecule has 0 amide bonds. The number of benzene rings is 1. The normalized spacial score (nSPS) is 19.5. The van der Waals surface area contributed by atoms with Crippen LogP contribution in [0.2, 0.25) is 0 Å². The first-order valence-corrected chi connectivity index (χ1v) is 9.67. The summed E-state index contributed by atoms with van der Waals surface area (Å²) in [6.07, 6.45) is 4.46. The largest absolute Gasteiger partial charge is 0.463 e. The average molecular weight is 365 g/mol. The Morgan fingerprint density at radius 1 is 1.08 bits per heavy atom. The molecule has 1 aromatic rings. The predicted molar refractivity (Wildman–Crippen MR) is 106 cm³/mol. The van der Waals surface area contributed by atoms with Gasteiger partial charge in [-0.2, -0.15) is 0 Å². The number of hydrogen-bond acceptors (Lipinski definition) is 4. The molecule has 2 atom stereocenters. The third kappa shape index (κ3) is 8.50. The smallest absolute Gasteiger partial charge is 0.338 e. The Hall–Kier alpha value is -1.84. The lowest BCUT2D eigenvalue weighted by Crippen LogP contribution is -2.25. The number of aryl methyl sites for hydroxylation is 1. The first-order valence-electron chi connectivity index (χ1n) is 9.67. The SMILES string of the molecule is CC1CCCC(C(=O)OC(C)C)C1.Cc1cccc(C(=O)OC(C)C)c1.[HH]. The maximum atomic E-state index is 11.5.